The van der Waals surface area contributed by atoms with Crippen LogP contribution in [0.5, 0.6) is 0 Å². The van der Waals surface area contributed by atoms with Gasteiger partial charge < -0.3 is 4.74 Å². The van der Waals surface area contributed by atoms with Crippen molar-refractivity contribution in [1.82, 2.24) is 0 Å². The Balaban J connectivity index is 0.000000673. The summed E-state index contributed by atoms with van der Waals surface area (Å²) in [4.78, 5) is 11.2. The summed E-state index contributed by atoms with van der Waals surface area (Å²) in [7, 11) is 0. The van der Waals surface area contributed by atoms with E-state index in [0.717, 1.165) is 5.56 Å². The fourth-order valence-electron chi connectivity index (χ4n) is 0.970. The van der Waals surface area contributed by atoms with Crippen LogP contribution in [-0.2, 0) is 4.74 Å². The van der Waals surface area contributed by atoms with Gasteiger partial charge in [0.05, 0.1) is 12.2 Å². The number of carbonyl (C=O) groups excluding carboxylic acids is 1. The summed E-state index contributed by atoms with van der Waals surface area (Å²) < 4.78 is 4.84. The molecule has 0 atom stereocenters. The van der Waals surface area contributed by atoms with Gasteiger partial charge in [-0.1, -0.05) is 30.9 Å². The molecule has 0 saturated carbocycles. The number of hydrogen-bond donors (Lipinski definition) is 0. The van der Waals surface area contributed by atoms with Crippen molar-refractivity contribution in [3.05, 3.63) is 54.6 Å². The summed E-state index contributed by atoms with van der Waals surface area (Å²) in [5, 5.41) is 0. The maximum absolute atomic E-state index is 11.2. The second-order valence-corrected chi connectivity index (χ2v) is 2.95. The Bertz CT molecular complexity index is 336. The SMILES string of the molecule is C=CC.C=Cc1ccc(C(=O)OCC)cc1. The third-order valence-electron chi connectivity index (χ3n) is 1.66. The van der Waals surface area contributed by atoms with Crippen molar-refractivity contribution in [1.29, 1.82) is 0 Å². The molecular weight excluding hydrogens is 200 g/mol. The quantitative estimate of drug-likeness (QED) is 0.571. The molecule has 1 aromatic carbocycles. The fraction of sp³-hybridized carbons (Fsp3) is 0.214. The standard InChI is InChI=1S/C11H12O2.C3H6/c1-3-9-5-7-10(8-6-9)11(12)13-4-2;1-3-2/h3,5-8H,1,4H2,2H3;3H,1H2,2H3. The van der Waals surface area contributed by atoms with Gasteiger partial charge in [-0.3, -0.25) is 0 Å². The molecule has 1 rings (SSSR count). The predicted molar refractivity (Wildman–Crippen MR) is 68.4 cm³/mol. The van der Waals surface area contributed by atoms with E-state index in [9.17, 15) is 4.79 Å². The molecule has 0 saturated heterocycles. The van der Waals surface area contributed by atoms with Gasteiger partial charge >= 0.3 is 5.97 Å². The van der Waals surface area contributed by atoms with Crippen LogP contribution in [0, 0.1) is 0 Å². The van der Waals surface area contributed by atoms with E-state index < -0.39 is 0 Å². The molecule has 0 N–H and O–H groups in total. The van der Waals surface area contributed by atoms with E-state index in [1.54, 1.807) is 31.2 Å². The van der Waals surface area contributed by atoms with Gasteiger partial charge in [0.2, 0.25) is 0 Å². The Labute approximate surface area is 97.3 Å². The zero-order valence-corrected chi connectivity index (χ0v) is 9.90. The molecule has 2 heteroatoms. The van der Waals surface area contributed by atoms with Crippen LogP contribution in [0.15, 0.2) is 43.5 Å². The van der Waals surface area contributed by atoms with E-state index in [-0.39, 0.29) is 5.97 Å². The summed E-state index contributed by atoms with van der Waals surface area (Å²) in [6, 6.07) is 7.13. The van der Waals surface area contributed by atoms with E-state index in [1.165, 1.54) is 0 Å². The Morgan fingerprint density at radius 3 is 2.19 bits per heavy atom. The number of allylic oxidation sites excluding steroid dienone is 1. The molecule has 0 radical (unpaired) electrons. The van der Waals surface area contributed by atoms with Gasteiger partial charge in [-0.2, -0.15) is 0 Å². The Morgan fingerprint density at radius 1 is 1.31 bits per heavy atom. The molecule has 0 aromatic heterocycles. The molecule has 0 unspecified atom stereocenters. The number of ether oxygens (including phenoxy) is 1. The highest BCUT2D eigenvalue weighted by molar-refractivity contribution is 5.89. The maximum Gasteiger partial charge on any atom is 0.338 e. The van der Waals surface area contributed by atoms with Crippen LogP contribution in [-0.4, -0.2) is 12.6 Å². The molecule has 86 valence electrons. The minimum Gasteiger partial charge on any atom is -0.462 e. The zero-order chi connectivity index (χ0) is 12.4. The normalized spacial score (nSPS) is 8.38. The van der Waals surface area contributed by atoms with Crippen LogP contribution in [0.3, 0.4) is 0 Å². The number of benzene rings is 1. The second kappa shape index (κ2) is 8.48. The first-order chi connectivity index (χ1) is 7.69. The minimum atomic E-state index is -0.280. The van der Waals surface area contributed by atoms with Crippen LogP contribution in [0.2, 0.25) is 0 Å². The second-order valence-electron chi connectivity index (χ2n) is 2.95. The largest absolute Gasteiger partial charge is 0.462 e. The van der Waals surface area contributed by atoms with E-state index in [2.05, 4.69) is 13.2 Å². The number of esters is 1. The molecule has 0 aliphatic carbocycles. The summed E-state index contributed by atoms with van der Waals surface area (Å²) in [5.74, 6) is -0.280. The molecule has 0 aliphatic heterocycles. The van der Waals surface area contributed by atoms with E-state index in [0.29, 0.717) is 12.2 Å². The van der Waals surface area contributed by atoms with Gasteiger partial charge in [0.1, 0.15) is 0 Å². The van der Waals surface area contributed by atoms with Gasteiger partial charge in [-0.05, 0) is 31.5 Å². The van der Waals surface area contributed by atoms with Crippen molar-refractivity contribution in [3.8, 4) is 0 Å². The molecule has 0 amide bonds. The third kappa shape index (κ3) is 5.15. The highest BCUT2D eigenvalue weighted by Crippen LogP contribution is 2.06. The summed E-state index contributed by atoms with van der Waals surface area (Å²) >= 11 is 0. The van der Waals surface area contributed by atoms with Gasteiger partial charge in [-0.15, -0.1) is 6.58 Å². The number of carbonyl (C=O) groups is 1. The monoisotopic (exact) mass is 218 g/mol. The highest BCUT2D eigenvalue weighted by atomic mass is 16.5. The van der Waals surface area contributed by atoms with Crippen LogP contribution in [0.1, 0.15) is 29.8 Å². The van der Waals surface area contributed by atoms with Gasteiger partial charge in [0.15, 0.2) is 0 Å². The van der Waals surface area contributed by atoms with E-state index >= 15 is 0 Å². The molecule has 0 fully saturated rings. The van der Waals surface area contributed by atoms with Crippen molar-refractivity contribution >= 4 is 12.0 Å². The maximum atomic E-state index is 11.2. The van der Waals surface area contributed by atoms with Crippen molar-refractivity contribution in [2.75, 3.05) is 6.61 Å². The first-order valence-electron chi connectivity index (χ1n) is 5.16. The van der Waals surface area contributed by atoms with E-state index in [1.807, 2.05) is 19.1 Å². The number of hydrogen-bond acceptors (Lipinski definition) is 2. The summed E-state index contributed by atoms with van der Waals surface area (Å²) in [5.41, 5.74) is 1.57. The first kappa shape index (κ1) is 14.2. The lowest BCUT2D eigenvalue weighted by atomic mass is 10.1. The molecular formula is C14H18O2. The first-order valence-corrected chi connectivity index (χ1v) is 5.16. The summed E-state index contributed by atoms with van der Waals surface area (Å²) in [6.45, 7) is 11.1. The molecule has 16 heavy (non-hydrogen) atoms. The molecule has 0 bridgehead atoms. The molecule has 0 spiro atoms. The van der Waals surface area contributed by atoms with E-state index in [4.69, 9.17) is 4.74 Å². The predicted octanol–water partition coefficient (Wildman–Crippen LogP) is 3.70. The molecule has 1 aromatic rings. The number of rotatable bonds is 3. The third-order valence-corrected chi connectivity index (χ3v) is 1.66. The molecule has 2 nitrogen and oxygen atoms in total. The molecule has 0 heterocycles. The van der Waals surface area contributed by atoms with Crippen LogP contribution < -0.4 is 0 Å². The smallest absolute Gasteiger partial charge is 0.338 e. The lowest BCUT2D eigenvalue weighted by Gasteiger charge is -2.01. The minimum absolute atomic E-state index is 0.280. The van der Waals surface area contributed by atoms with Crippen LogP contribution in [0.4, 0.5) is 0 Å². The van der Waals surface area contributed by atoms with Gasteiger partial charge in [-0.25, -0.2) is 4.79 Å². The topological polar surface area (TPSA) is 26.3 Å². The van der Waals surface area contributed by atoms with Crippen LogP contribution >= 0.6 is 0 Å². The van der Waals surface area contributed by atoms with Crippen LogP contribution in [0.25, 0.3) is 6.08 Å². The Kier molecular flexibility index (Phi) is 7.51. The average Bonchev–Trinajstić information content (AvgIpc) is 2.30. The zero-order valence-electron chi connectivity index (χ0n) is 9.90. The van der Waals surface area contributed by atoms with Crippen molar-refractivity contribution in [2.24, 2.45) is 0 Å². The Hall–Kier alpha value is -1.83. The lowest BCUT2D eigenvalue weighted by Crippen LogP contribution is -2.03. The summed E-state index contributed by atoms with van der Waals surface area (Å²) in [6.07, 6.45) is 3.48. The average molecular weight is 218 g/mol. The van der Waals surface area contributed by atoms with Crippen molar-refractivity contribution in [2.45, 2.75) is 13.8 Å². The molecule has 0 aliphatic rings. The Morgan fingerprint density at radius 2 is 1.81 bits per heavy atom. The van der Waals surface area contributed by atoms with Gasteiger partial charge in [0.25, 0.3) is 0 Å². The van der Waals surface area contributed by atoms with Crippen molar-refractivity contribution < 1.29 is 9.53 Å². The van der Waals surface area contributed by atoms with Gasteiger partial charge in [0, 0.05) is 0 Å². The highest BCUT2D eigenvalue weighted by Gasteiger charge is 2.03. The van der Waals surface area contributed by atoms with Crippen molar-refractivity contribution in [3.63, 3.8) is 0 Å². The lowest BCUT2D eigenvalue weighted by molar-refractivity contribution is 0.0526. The fourth-order valence-corrected chi connectivity index (χ4v) is 0.970.